The molecule has 0 bridgehead atoms. The molecule has 19 heavy (non-hydrogen) atoms. The molecule has 106 valence electrons. The van der Waals surface area contributed by atoms with Gasteiger partial charge in [-0.05, 0) is 47.4 Å². The summed E-state index contributed by atoms with van der Waals surface area (Å²) >= 11 is 1.46. The highest BCUT2D eigenvalue weighted by Crippen LogP contribution is 2.33. The van der Waals surface area contributed by atoms with Crippen molar-refractivity contribution in [3.63, 3.8) is 0 Å². The molecule has 0 radical (unpaired) electrons. The molecule has 0 heterocycles. The van der Waals surface area contributed by atoms with Crippen molar-refractivity contribution in [2.45, 2.75) is 64.2 Å². The predicted octanol–water partition coefficient (Wildman–Crippen LogP) is 4.86. The summed E-state index contributed by atoms with van der Waals surface area (Å²) in [5.41, 5.74) is 2.74. The van der Waals surface area contributed by atoms with Gasteiger partial charge in [-0.3, -0.25) is 9.52 Å². The molecule has 0 aliphatic rings. The summed E-state index contributed by atoms with van der Waals surface area (Å²) in [5.74, 6) is 1.07. The number of rotatable bonds is 6. The first kappa shape index (κ1) is 16.1. The fraction of sp³-hybridized carbons (Fsp3) is 0.562. The first-order valence-corrected chi connectivity index (χ1v) is 7.87. The van der Waals surface area contributed by atoms with Crippen molar-refractivity contribution in [1.82, 2.24) is 4.72 Å². The Kier molecular flexibility index (Phi) is 6.43. The van der Waals surface area contributed by atoms with E-state index in [9.17, 15) is 4.79 Å². The maximum atomic E-state index is 11.6. The summed E-state index contributed by atoms with van der Waals surface area (Å²) in [5, 5.41) is 0. The third-order valence-electron chi connectivity index (χ3n) is 3.05. The van der Waals surface area contributed by atoms with E-state index in [0.29, 0.717) is 18.3 Å². The van der Waals surface area contributed by atoms with E-state index in [4.69, 9.17) is 0 Å². The highest BCUT2D eigenvalue weighted by atomic mass is 32.2. The molecule has 0 aromatic heterocycles. The monoisotopic (exact) mass is 279 g/mol. The van der Waals surface area contributed by atoms with Crippen molar-refractivity contribution >= 4 is 17.9 Å². The van der Waals surface area contributed by atoms with E-state index in [-0.39, 0.29) is 5.91 Å². The molecule has 0 saturated carbocycles. The largest absolute Gasteiger partial charge is 0.296 e. The molecular weight excluding hydrogens is 254 g/mol. The van der Waals surface area contributed by atoms with Gasteiger partial charge in [0.05, 0.1) is 0 Å². The Hall–Kier alpha value is -0.960. The average Bonchev–Trinajstić information content (AvgIpc) is 2.35. The fourth-order valence-electron chi connectivity index (χ4n) is 2.16. The van der Waals surface area contributed by atoms with Crippen LogP contribution in [0.15, 0.2) is 23.1 Å². The lowest BCUT2D eigenvalue weighted by molar-refractivity contribution is -0.119. The molecule has 3 heteroatoms. The van der Waals surface area contributed by atoms with Gasteiger partial charge in [-0.15, -0.1) is 0 Å². The molecule has 0 fully saturated rings. The van der Waals surface area contributed by atoms with Gasteiger partial charge in [-0.1, -0.05) is 46.8 Å². The molecule has 1 aromatic carbocycles. The molecule has 1 amide bonds. The Balaban J connectivity index is 2.94. The van der Waals surface area contributed by atoms with E-state index in [0.717, 1.165) is 6.42 Å². The molecular formula is C16H25NOS. The van der Waals surface area contributed by atoms with Crippen molar-refractivity contribution in [1.29, 1.82) is 0 Å². The third kappa shape index (κ3) is 4.57. The zero-order valence-electron chi connectivity index (χ0n) is 12.6. The lowest BCUT2D eigenvalue weighted by Gasteiger charge is -2.19. The fourth-order valence-corrected chi connectivity index (χ4v) is 3.10. The van der Waals surface area contributed by atoms with Crippen LogP contribution in [-0.4, -0.2) is 5.91 Å². The van der Waals surface area contributed by atoms with Crippen molar-refractivity contribution in [3.05, 3.63) is 29.3 Å². The zero-order valence-corrected chi connectivity index (χ0v) is 13.4. The molecule has 0 unspecified atom stereocenters. The van der Waals surface area contributed by atoms with Crippen LogP contribution in [0.5, 0.6) is 0 Å². The first-order chi connectivity index (χ1) is 8.97. The number of amides is 1. The Bertz CT molecular complexity index is 427. The van der Waals surface area contributed by atoms with Crippen LogP contribution in [0.3, 0.4) is 0 Å². The van der Waals surface area contributed by atoms with Crippen LogP contribution in [0.1, 0.15) is 70.4 Å². The summed E-state index contributed by atoms with van der Waals surface area (Å²) in [6.07, 6.45) is 1.48. The van der Waals surface area contributed by atoms with Crippen LogP contribution in [-0.2, 0) is 4.79 Å². The number of carbonyl (C=O) groups is 1. The summed E-state index contributed by atoms with van der Waals surface area (Å²) in [6.45, 7) is 10.9. The van der Waals surface area contributed by atoms with E-state index < -0.39 is 0 Å². The Morgan fingerprint density at radius 2 is 1.89 bits per heavy atom. The van der Waals surface area contributed by atoms with Crippen LogP contribution < -0.4 is 4.72 Å². The summed E-state index contributed by atoms with van der Waals surface area (Å²) < 4.78 is 2.94. The number of hydrogen-bond donors (Lipinski definition) is 1. The predicted molar refractivity (Wildman–Crippen MR) is 83.5 cm³/mol. The molecule has 1 N–H and O–H groups in total. The highest BCUT2D eigenvalue weighted by Gasteiger charge is 2.15. The van der Waals surface area contributed by atoms with E-state index in [1.54, 1.807) is 0 Å². The molecule has 0 atom stereocenters. The second-order valence-corrected chi connectivity index (χ2v) is 6.29. The third-order valence-corrected chi connectivity index (χ3v) is 3.96. The summed E-state index contributed by atoms with van der Waals surface area (Å²) in [7, 11) is 0. The SMILES string of the molecule is CCCC(=O)NSc1cccc(C(C)C)c1C(C)C. The molecule has 0 aliphatic heterocycles. The van der Waals surface area contributed by atoms with Crippen LogP contribution >= 0.6 is 11.9 Å². The lowest BCUT2D eigenvalue weighted by Crippen LogP contribution is -2.15. The van der Waals surface area contributed by atoms with Crippen molar-refractivity contribution in [3.8, 4) is 0 Å². The van der Waals surface area contributed by atoms with Gasteiger partial charge in [0, 0.05) is 11.3 Å². The molecule has 1 rings (SSSR count). The van der Waals surface area contributed by atoms with Crippen LogP contribution in [0.4, 0.5) is 0 Å². The second-order valence-electron chi connectivity index (χ2n) is 5.45. The van der Waals surface area contributed by atoms with E-state index in [2.05, 4.69) is 50.6 Å². The molecule has 1 aromatic rings. The zero-order chi connectivity index (χ0) is 14.4. The standard InChI is InChI=1S/C16H25NOS/c1-6-8-15(18)17-19-14-10-7-9-13(11(2)3)16(14)12(4)5/h7,9-12H,6,8H2,1-5H3,(H,17,18). The van der Waals surface area contributed by atoms with Crippen molar-refractivity contribution in [2.24, 2.45) is 0 Å². The smallest absolute Gasteiger partial charge is 0.230 e. The average molecular weight is 279 g/mol. The van der Waals surface area contributed by atoms with Gasteiger partial charge in [-0.25, -0.2) is 0 Å². The van der Waals surface area contributed by atoms with Crippen LogP contribution in [0, 0.1) is 0 Å². The minimum atomic E-state index is 0.108. The minimum Gasteiger partial charge on any atom is -0.296 e. The quantitative estimate of drug-likeness (QED) is 0.754. The van der Waals surface area contributed by atoms with Gasteiger partial charge in [0.15, 0.2) is 0 Å². The van der Waals surface area contributed by atoms with E-state index >= 15 is 0 Å². The minimum absolute atomic E-state index is 0.108. The molecule has 0 spiro atoms. The van der Waals surface area contributed by atoms with Crippen LogP contribution in [0.25, 0.3) is 0 Å². The van der Waals surface area contributed by atoms with Crippen molar-refractivity contribution < 1.29 is 4.79 Å². The maximum Gasteiger partial charge on any atom is 0.230 e. The van der Waals surface area contributed by atoms with Gasteiger partial charge in [0.25, 0.3) is 0 Å². The summed E-state index contributed by atoms with van der Waals surface area (Å²) in [4.78, 5) is 12.8. The normalized spacial score (nSPS) is 11.1. The maximum absolute atomic E-state index is 11.6. The van der Waals surface area contributed by atoms with Crippen LogP contribution in [0.2, 0.25) is 0 Å². The van der Waals surface area contributed by atoms with Gasteiger partial charge in [0.2, 0.25) is 5.91 Å². The summed E-state index contributed by atoms with van der Waals surface area (Å²) in [6, 6.07) is 6.37. The highest BCUT2D eigenvalue weighted by molar-refractivity contribution is 7.98. The molecule has 0 saturated heterocycles. The van der Waals surface area contributed by atoms with E-state index in [1.165, 1.54) is 28.0 Å². The van der Waals surface area contributed by atoms with Gasteiger partial charge in [0.1, 0.15) is 0 Å². The number of nitrogens with one attached hydrogen (secondary N) is 1. The van der Waals surface area contributed by atoms with Gasteiger partial charge in [-0.2, -0.15) is 0 Å². The Morgan fingerprint density at radius 1 is 1.21 bits per heavy atom. The second kappa shape index (κ2) is 7.59. The van der Waals surface area contributed by atoms with Crippen molar-refractivity contribution in [2.75, 3.05) is 0 Å². The number of hydrogen-bond acceptors (Lipinski definition) is 2. The topological polar surface area (TPSA) is 29.1 Å². The first-order valence-electron chi connectivity index (χ1n) is 7.05. The van der Waals surface area contributed by atoms with E-state index in [1.807, 2.05) is 6.92 Å². The Labute approximate surface area is 121 Å². The molecule has 2 nitrogen and oxygen atoms in total. The molecule has 0 aliphatic carbocycles. The number of carbonyl (C=O) groups excluding carboxylic acids is 1. The van der Waals surface area contributed by atoms with Gasteiger partial charge < -0.3 is 0 Å². The number of benzene rings is 1. The lowest BCUT2D eigenvalue weighted by atomic mass is 9.91. The van der Waals surface area contributed by atoms with Gasteiger partial charge >= 0.3 is 0 Å². The Morgan fingerprint density at radius 3 is 2.42 bits per heavy atom.